The van der Waals surface area contributed by atoms with Crippen LogP contribution in [-0.4, -0.2) is 73.5 Å². The maximum absolute atomic E-state index is 6.02. The van der Waals surface area contributed by atoms with Gasteiger partial charge in [0.05, 0.1) is 19.8 Å². The summed E-state index contributed by atoms with van der Waals surface area (Å²) in [5.74, 6) is 1.92. The van der Waals surface area contributed by atoms with Crippen molar-refractivity contribution in [1.29, 1.82) is 0 Å². The summed E-state index contributed by atoms with van der Waals surface area (Å²) in [6.07, 6.45) is 0.613. The van der Waals surface area contributed by atoms with E-state index in [2.05, 4.69) is 37.6 Å². The summed E-state index contributed by atoms with van der Waals surface area (Å²) in [6.45, 7) is 8.77. The molecule has 0 amide bonds. The lowest BCUT2D eigenvalue weighted by Gasteiger charge is -2.25. The zero-order valence-electron chi connectivity index (χ0n) is 16.2. The molecule has 1 aliphatic heterocycles. The molecule has 2 heterocycles. The van der Waals surface area contributed by atoms with Gasteiger partial charge in [0.2, 0.25) is 11.7 Å². The van der Waals surface area contributed by atoms with Crippen LogP contribution in [0.5, 0.6) is 0 Å². The van der Waals surface area contributed by atoms with E-state index in [1.54, 1.807) is 0 Å². The first kappa shape index (κ1) is 20.6. The van der Waals surface area contributed by atoms with Crippen molar-refractivity contribution >= 4 is 17.6 Å². The van der Waals surface area contributed by atoms with Gasteiger partial charge in [-0.25, -0.2) is 0 Å². The third kappa shape index (κ3) is 6.47. The summed E-state index contributed by atoms with van der Waals surface area (Å²) in [5, 5.41) is 11.2. The van der Waals surface area contributed by atoms with Gasteiger partial charge in [-0.2, -0.15) is 4.98 Å². The number of rotatable bonds is 8. The topological polar surface area (TPSA) is 87.8 Å². The maximum Gasteiger partial charge on any atom is 0.228 e. The van der Waals surface area contributed by atoms with E-state index in [0.717, 1.165) is 57.5 Å². The molecule has 3 rings (SSSR count). The molecule has 2 aromatic rings. The molecule has 9 heteroatoms. The molecule has 0 radical (unpaired) electrons. The fourth-order valence-electron chi connectivity index (χ4n) is 2.86. The average molecular weight is 407 g/mol. The Morgan fingerprint density at radius 3 is 2.93 bits per heavy atom. The van der Waals surface area contributed by atoms with Gasteiger partial charge in [0.25, 0.3) is 0 Å². The summed E-state index contributed by atoms with van der Waals surface area (Å²) in [5.41, 5.74) is 0.841. The third-order valence-corrected chi connectivity index (χ3v) is 4.55. The first-order valence-electron chi connectivity index (χ1n) is 9.65. The zero-order chi connectivity index (χ0) is 19.6. The predicted molar refractivity (Wildman–Crippen MR) is 110 cm³/mol. The lowest BCUT2D eigenvalue weighted by atomic mass is 10.2. The molecule has 0 spiro atoms. The Bertz CT molecular complexity index is 760. The summed E-state index contributed by atoms with van der Waals surface area (Å²) in [6, 6.07) is 7.41. The molecular formula is C19H27ClN6O2. The minimum absolute atomic E-state index is 0.545. The molecule has 0 bridgehead atoms. The molecule has 1 aromatic heterocycles. The number of guanidine groups is 1. The van der Waals surface area contributed by atoms with Gasteiger partial charge >= 0.3 is 0 Å². The quantitative estimate of drug-likeness (QED) is 0.510. The van der Waals surface area contributed by atoms with Crippen LogP contribution in [0.3, 0.4) is 0 Å². The Morgan fingerprint density at radius 1 is 1.29 bits per heavy atom. The van der Waals surface area contributed by atoms with Crippen molar-refractivity contribution in [2.24, 2.45) is 4.99 Å². The Morgan fingerprint density at radius 2 is 2.14 bits per heavy atom. The van der Waals surface area contributed by atoms with Crippen molar-refractivity contribution in [3.63, 3.8) is 0 Å². The Labute approximate surface area is 170 Å². The van der Waals surface area contributed by atoms with E-state index in [4.69, 9.17) is 20.9 Å². The first-order chi connectivity index (χ1) is 13.7. The van der Waals surface area contributed by atoms with Gasteiger partial charge in [0.1, 0.15) is 0 Å². The predicted octanol–water partition coefficient (Wildman–Crippen LogP) is 1.82. The molecular weight excluding hydrogens is 380 g/mol. The van der Waals surface area contributed by atoms with Crippen LogP contribution in [0.4, 0.5) is 0 Å². The second kappa shape index (κ2) is 11.0. The van der Waals surface area contributed by atoms with Crippen molar-refractivity contribution in [2.75, 3.05) is 52.5 Å². The fourth-order valence-corrected chi connectivity index (χ4v) is 3.05. The third-order valence-electron chi connectivity index (χ3n) is 4.32. The smallest absolute Gasteiger partial charge is 0.228 e. The van der Waals surface area contributed by atoms with E-state index < -0.39 is 0 Å². The summed E-state index contributed by atoms with van der Waals surface area (Å²) in [4.78, 5) is 11.4. The van der Waals surface area contributed by atoms with E-state index in [-0.39, 0.29) is 0 Å². The highest BCUT2D eigenvalue weighted by molar-refractivity contribution is 6.30. The minimum atomic E-state index is 0.545. The highest BCUT2D eigenvalue weighted by atomic mass is 35.5. The van der Waals surface area contributed by atoms with Gasteiger partial charge in [0.15, 0.2) is 5.96 Å². The van der Waals surface area contributed by atoms with Crippen LogP contribution in [0.15, 0.2) is 33.8 Å². The molecule has 0 aliphatic carbocycles. The van der Waals surface area contributed by atoms with Gasteiger partial charge in [-0.3, -0.25) is 9.89 Å². The molecule has 8 nitrogen and oxygen atoms in total. The number of ether oxygens (including phenoxy) is 1. The van der Waals surface area contributed by atoms with Gasteiger partial charge in [-0.1, -0.05) is 28.9 Å². The average Bonchev–Trinajstić information content (AvgIpc) is 3.18. The molecule has 28 heavy (non-hydrogen) atoms. The largest absolute Gasteiger partial charge is 0.379 e. The van der Waals surface area contributed by atoms with Crippen LogP contribution < -0.4 is 10.6 Å². The number of nitrogens with zero attached hydrogens (tertiary/aromatic N) is 4. The van der Waals surface area contributed by atoms with Crippen LogP contribution in [-0.2, 0) is 11.2 Å². The van der Waals surface area contributed by atoms with Gasteiger partial charge < -0.3 is 19.9 Å². The Balaban J connectivity index is 1.45. The standard InChI is InChI=1S/C19H27ClN6O2/c1-2-21-19(23-8-9-26-10-12-27-13-11-26)22-7-6-17-24-18(25-28-17)15-4-3-5-16(20)14-15/h3-5,14H,2,6-13H2,1H3,(H2,21,22,23). The summed E-state index contributed by atoms with van der Waals surface area (Å²) >= 11 is 6.02. The summed E-state index contributed by atoms with van der Waals surface area (Å²) < 4.78 is 10.7. The fraction of sp³-hybridized carbons (Fsp3) is 0.526. The van der Waals surface area contributed by atoms with E-state index >= 15 is 0 Å². The van der Waals surface area contributed by atoms with Crippen LogP contribution in [0, 0.1) is 0 Å². The highest BCUT2D eigenvalue weighted by Gasteiger charge is 2.10. The first-order valence-corrected chi connectivity index (χ1v) is 10.0. The Kier molecular flexibility index (Phi) is 8.07. The minimum Gasteiger partial charge on any atom is -0.379 e. The molecule has 1 aromatic carbocycles. The molecule has 1 aliphatic rings. The highest BCUT2D eigenvalue weighted by Crippen LogP contribution is 2.19. The van der Waals surface area contributed by atoms with Crippen LogP contribution in [0.1, 0.15) is 12.8 Å². The number of aromatic nitrogens is 2. The lowest BCUT2D eigenvalue weighted by molar-refractivity contribution is 0.0394. The molecule has 1 fully saturated rings. The molecule has 0 unspecified atom stereocenters. The van der Waals surface area contributed by atoms with Crippen LogP contribution in [0.25, 0.3) is 11.4 Å². The van der Waals surface area contributed by atoms with Crippen molar-refractivity contribution < 1.29 is 9.26 Å². The molecule has 152 valence electrons. The van der Waals surface area contributed by atoms with Crippen molar-refractivity contribution in [3.8, 4) is 11.4 Å². The van der Waals surface area contributed by atoms with Crippen molar-refractivity contribution in [3.05, 3.63) is 35.2 Å². The molecule has 0 atom stereocenters. The Hall–Kier alpha value is -2.16. The SMILES string of the molecule is CCNC(=NCCN1CCOCC1)NCCc1nc(-c2cccc(Cl)c2)no1. The van der Waals surface area contributed by atoms with Crippen molar-refractivity contribution in [1.82, 2.24) is 25.7 Å². The van der Waals surface area contributed by atoms with E-state index in [1.807, 2.05) is 24.3 Å². The van der Waals surface area contributed by atoms with Gasteiger partial charge in [0, 0.05) is 49.7 Å². The van der Waals surface area contributed by atoms with Gasteiger partial charge in [-0.15, -0.1) is 0 Å². The molecule has 1 saturated heterocycles. The van der Waals surface area contributed by atoms with E-state index in [0.29, 0.717) is 29.7 Å². The van der Waals surface area contributed by atoms with Crippen LogP contribution in [0.2, 0.25) is 5.02 Å². The monoisotopic (exact) mass is 406 g/mol. The molecule has 2 N–H and O–H groups in total. The number of hydrogen-bond donors (Lipinski definition) is 2. The maximum atomic E-state index is 6.02. The number of hydrogen-bond acceptors (Lipinski definition) is 6. The summed E-state index contributed by atoms with van der Waals surface area (Å²) in [7, 11) is 0. The zero-order valence-corrected chi connectivity index (χ0v) is 16.9. The number of benzene rings is 1. The second-order valence-corrected chi connectivity index (χ2v) is 6.85. The number of morpholine rings is 1. The van der Waals surface area contributed by atoms with Crippen LogP contribution >= 0.6 is 11.6 Å². The number of nitrogens with one attached hydrogen (secondary N) is 2. The lowest BCUT2D eigenvalue weighted by Crippen LogP contribution is -2.40. The normalized spacial score (nSPS) is 15.6. The number of aliphatic imine (C=N–C) groups is 1. The van der Waals surface area contributed by atoms with E-state index in [9.17, 15) is 0 Å². The van der Waals surface area contributed by atoms with Gasteiger partial charge in [-0.05, 0) is 19.1 Å². The van der Waals surface area contributed by atoms with E-state index in [1.165, 1.54) is 0 Å². The number of halogens is 1. The van der Waals surface area contributed by atoms with Crippen molar-refractivity contribution in [2.45, 2.75) is 13.3 Å². The molecule has 0 saturated carbocycles. The second-order valence-electron chi connectivity index (χ2n) is 6.41.